The molecule has 1 radical (unpaired) electrons. The van der Waals surface area contributed by atoms with Gasteiger partial charge < -0.3 is 0 Å². The number of benzene rings is 1. The molecule has 0 unspecified atom stereocenters. The molecule has 10 heavy (non-hydrogen) atoms. The van der Waals surface area contributed by atoms with Crippen LogP contribution in [0.15, 0.2) is 28.1 Å². The maximum Gasteiger partial charge on any atom is 0.0367 e. The molecule has 0 atom stereocenters. The molecule has 0 fully saturated rings. The zero-order valence-corrected chi connectivity index (χ0v) is 7.50. The molecule has 2 aromatic rings. The first kappa shape index (κ1) is 6.38. The Balaban J connectivity index is 2.93. The van der Waals surface area contributed by atoms with Crippen molar-refractivity contribution in [2.75, 3.05) is 0 Å². The lowest BCUT2D eigenvalue weighted by Gasteiger charge is -1.84. The van der Waals surface area contributed by atoms with Gasteiger partial charge in [-0.2, -0.15) is 0 Å². The van der Waals surface area contributed by atoms with Crippen LogP contribution in [0.4, 0.5) is 0 Å². The highest BCUT2D eigenvalue weighted by molar-refractivity contribution is 9.10. The van der Waals surface area contributed by atoms with Crippen LogP contribution in [-0.2, 0) is 0 Å². The summed E-state index contributed by atoms with van der Waals surface area (Å²) in [4.78, 5) is 0. The van der Waals surface area contributed by atoms with Gasteiger partial charge in [0, 0.05) is 19.9 Å². The third kappa shape index (κ3) is 0.879. The number of rotatable bonds is 0. The van der Waals surface area contributed by atoms with Gasteiger partial charge in [0.2, 0.25) is 0 Å². The predicted molar refractivity (Wildman–Crippen MR) is 48.4 cm³/mol. The fraction of sp³-hybridized carbons (Fsp3) is 0. The van der Waals surface area contributed by atoms with Gasteiger partial charge in [-0.05, 0) is 28.1 Å². The summed E-state index contributed by atoms with van der Waals surface area (Å²) >= 11 is 5.18. The number of hydrogen-bond donors (Lipinski definition) is 0. The Kier molecular flexibility index (Phi) is 1.51. The average Bonchev–Trinajstić information content (AvgIpc) is 2.34. The topological polar surface area (TPSA) is 0 Å². The van der Waals surface area contributed by atoms with Crippen LogP contribution in [0.25, 0.3) is 10.1 Å². The van der Waals surface area contributed by atoms with Crippen LogP contribution < -0.4 is 0 Å². The molecule has 2 heteroatoms. The van der Waals surface area contributed by atoms with Gasteiger partial charge in [0.1, 0.15) is 0 Å². The summed E-state index contributed by atoms with van der Waals surface area (Å²) in [5, 5.41) is 3.27. The molecular weight excluding hydrogens is 208 g/mol. The van der Waals surface area contributed by atoms with Gasteiger partial charge in [0.15, 0.2) is 0 Å². The van der Waals surface area contributed by atoms with Crippen molar-refractivity contribution in [1.29, 1.82) is 0 Å². The highest BCUT2D eigenvalue weighted by Gasteiger charge is 1.97. The Morgan fingerprint density at radius 2 is 2.40 bits per heavy atom. The van der Waals surface area contributed by atoms with E-state index in [2.05, 4.69) is 33.4 Å². The van der Waals surface area contributed by atoms with E-state index >= 15 is 0 Å². The standard InChI is InChI=1S/C8H4BrS/c9-7-5-10-8-4-2-1-3-6(7)8/h1-2,4-5H. The molecule has 2 rings (SSSR count). The van der Waals surface area contributed by atoms with Crippen molar-refractivity contribution in [3.8, 4) is 0 Å². The predicted octanol–water partition coefficient (Wildman–Crippen LogP) is 3.46. The average molecular weight is 212 g/mol. The number of fused-ring (bicyclic) bond motifs is 1. The number of halogens is 1. The zero-order chi connectivity index (χ0) is 6.97. The molecular formula is C8H4BrS. The Morgan fingerprint density at radius 3 is 3.20 bits per heavy atom. The summed E-state index contributed by atoms with van der Waals surface area (Å²) in [5.74, 6) is 0. The molecule has 0 amide bonds. The lowest BCUT2D eigenvalue weighted by Crippen LogP contribution is -1.60. The van der Waals surface area contributed by atoms with Gasteiger partial charge >= 0.3 is 0 Å². The minimum atomic E-state index is 1.15. The molecule has 49 valence electrons. The lowest BCUT2D eigenvalue weighted by atomic mass is 10.3. The molecule has 0 aliphatic rings. The first-order chi connectivity index (χ1) is 4.88. The molecule has 0 nitrogen and oxygen atoms in total. The van der Waals surface area contributed by atoms with Crippen LogP contribution in [0.2, 0.25) is 0 Å². The monoisotopic (exact) mass is 211 g/mol. The number of hydrogen-bond acceptors (Lipinski definition) is 1. The van der Waals surface area contributed by atoms with Crippen LogP contribution in [0.1, 0.15) is 0 Å². The third-order valence-corrected chi connectivity index (χ3v) is 3.22. The Labute approximate surface area is 71.6 Å². The van der Waals surface area contributed by atoms with Crippen molar-refractivity contribution in [2.24, 2.45) is 0 Å². The van der Waals surface area contributed by atoms with Crippen molar-refractivity contribution in [3.63, 3.8) is 0 Å². The van der Waals surface area contributed by atoms with E-state index in [1.54, 1.807) is 11.3 Å². The van der Waals surface area contributed by atoms with Gasteiger partial charge in [-0.3, -0.25) is 0 Å². The molecule has 1 aromatic heterocycles. The van der Waals surface area contributed by atoms with Gasteiger partial charge in [0.25, 0.3) is 0 Å². The summed E-state index contributed by atoms with van der Waals surface area (Å²) < 4.78 is 2.43. The minimum Gasteiger partial charge on any atom is -0.143 e. The SMILES string of the molecule is Brc1csc2ccc[c]c12. The fourth-order valence-electron chi connectivity index (χ4n) is 0.880. The first-order valence-electron chi connectivity index (χ1n) is 2.91. The van der Waals surface area contributed by atoms with E-state index in [0.29, 0.717) is 0 Å². The fourth-order valence-corrected chi connectivity index (χ4v) is 2.41. The maximum atomic E-state index is 3.45. The number of thiophene rings is 1. The molecule has 0 aliphatic heterocycles. The van der Waals surface area contributed by atoms with Gasteiger partial charge in [-0.1, -0.05) is 12.1 Å². The van der Waals surface area contributed by atoms with E-state index < -0.39 is 0 Å². The van der Waals surface area contributed by atoms with Crippen molar-refractivity contribution in [3.05, 3.63) is 34.1 Å². The summed E-state index contributed by atoms with van der Waals surface area (Å²) in [5.41, 5.74) is 0. The van der Waals surface area contributed by atoms with E-state index in [9.17, 15) is 0 Å². The first-order valence-corrected chi connectivity index (χ1v) is 4.58. The van der Waals surface area contributed by atoms with Crippen molar-refractivity contribution >= 4 is 37.4 Å². The van der Waals surface area contributed by atoms with Crippen LogP contribution >= 0.6 is 27.3 Å². The van der Waals surface area contributed by atoms with Crippen molar-refractivity contribution in [2.45, 2.75) is 0 Å². The molecule has 0 saturated carbocycles. The molecule has 1 heterocycles. The van der Waals surface area contributed by atoms with Gasteiger partial charge in [-0.15, -0.1) is 11.3 Å². The van der Waals surface area contributed by atoms with E-state index in [4.69, 9.17) is 0 Å². The van der Waals surface area contributed by atoms with Crippen molar-refractivity contribution < 1.29 is 0 Å². The van der Waals surface area contributed by atoms with Crippen LogP contribution in [-0.4, -0.2) is 0 Å². The van der Waals surface area contributed by atoms with E-state index in [1.165, 1.54) is 10.1 Å². The molecule has 0 saturated heterocycles. The van der Waals surface area contributed by atoms with Crippen LogP contribution in [0.3, 0.4) is 0 Å². The molecule has 1 aromatic carbocycles. The van der Waals surface area contributed by atoms with Gasteiger partial charge in [-0.25, -0.2) is 0 Å². The molecule has 0 N–H and O–H groups in total. The van der Waals surface area contributed by atoms with Crippen LogP contribution in [0.5, 0.6) is 0 Å². The zero-order valence-electron chi connectivity index (χ0n) is 5.10. The second-order valence-corrected chi connectivity index (χ2v) is 3.76. The minimum absolute atomic E-state index is 1.15. The second-order valence-electron chi connectivity index (χ2n) is 1.99. The Hall–Kier alpha value is -0.340. The molecule has 0 spiro atoms. The van der Waals surface area contributed by atoms with Crippen molar-refractivity contribution in [1.82, 2.24) is 0 Å². The van der Waals surface area contributed by atoms with Crippen LogP contribution in [0, 0.1) is 6.07 Å². The van der Waals surface area contributed by atoms with E-state index in [1.807, 2.05) is 12.1 Å². The molecule has 0 bridgehead atoms. The highest BCUT2D eigenvalue weighted by Crippen LogP contribution is 2.28. The summed E-state index contributed by atoms with van der Waals surface area (Å²) in [7, 11) is 0. The maximum absolute atomic E-state index is 3.45. The van der Waals surface area contributed by atoms with E-state index in [0.717, 1.165) is 4.47 Å². The lowest BCUT2D eigenvalue weighted by molar-refractivity contribution is 1.81. The normalized spacial score (nSPS) is 10.5. The largest absolute Gasteiger partial charge is 0.143 e. The summed E-state index contributed by atoms with van der Waals surface area (Å²) in [6.45, 7) is 0. The summed E-state index contributed by atoms with van der Waals surface area (Å²) in [6, 6.07) is 9.20. The quantitative estimate of drug-likeness (QED) is 0.627. The van der Waals surface area contributed by atoms with Gasteiger partial charge in [0.05, 0.1) is 0 Å². The second kappa shape index (κ2) is 2.36. The highest BCUT2D eigenvalue weighted by atomic mass is 79.9. The van der Waals surface area contributed by atoms with E-state index in [-0.39, 0.29) is 0 Å². The Bertz CT molecular complexity index is 351. The smallest absolute Gasteiger partial charge is 0.0367 e. The summed E-state index contributed by atoms with van der Waals surface area (Å²) in [6.07, 6.45) is 0. The Morgan fingerprint density at radius 1 is 1.50 bits per heavy atom. The molecule has 0 aliphatic carbocycles. The third-order valence-electron chi connectivity index (χ3n) is 1.35.